The third-order valence-corrected chi connectivity index (χ3v) is 5.43. The largest absolute Gasteiger partial charge is 0.465 e. The quantitative estimate of drug-likeness (QED) is 0.566. The zero-order chi connectivity index (χ0) is 15.7. The number of carbonyl (C=O) groups is 1. The summed E-state index contributed by atoms with van der Waals surface area (Å²) in [6.07, 6.45) is 1.74. The first-order chi connectivity index (χ1) is 10.6. The van der Waals surface area contributed by atoms with E-state index in [1.165, 1.54) is 30.2 Å². The van der Waals surface area contributed by atoms with Gasteiger partial charge in [-0.05, 0) is 30.2 Å². The molecule has 5 nitrogen and oxygen atoms in total. The normalized spacial score (nSPS) is 11.0. The molecule has 0 spiro atoms. The van der Waals surface area contributed by atoms with E-state index in [9.17, 15) is 4.79 Å². The zero-order valence-electron chi connectivity index (χ0n) is 11.8. The number of esters is 1. The van der Waals surface area contributed by atoms with Crippen molar-refractivity contribution >= 4 is 51.8 Å². The Balaban J connectivity index is 1.78. The SMILES string of the molecule is COC(=O)c1cc(CSc2nc3nccc(C)c3[nH]2)c(Cl)s1. The van der Waals surface area contributed by atoms with Crippen LogP contribution in [0.3, 0.4) is 0 Å². The minimum Gasteiger partial charge on any atom is -0.465 e. The summed E-state index contributed by atoms with van der Waals surface area (Å²) < 4.78 is 5.30. The Bertz CT molecular complexity index is 844. The minimum absolute atomic E-state index is 0.369. The summed E-state index contributed by atoms with van der Waals surface area (Å²) >= 11 is 8.91. The fourth-order valence-corrected chi connectivity index (χ4v) is 4.14. The minimum atomic E-state index is -0.369. The molecule has 0 amide bonds. The third kappa shape index (κ3) is 2.97. The number of thiophene rings is 1. The number of carbonyl (C=O) groups excluding carboxylic acids is 1. The molecule has 0 atom stereocenters. The highest BCUT2D eigenvalue weighted by Crippen LogP contribution is 2.33. The van der Waals surface area contributed by atoms with Crippen molar-refractivity contribution in [3.63, 3.8) is 0 Å². The van der Waals surface area contributed by atoms with E-state index in [0.717, 1.165) is 21.8 Å². The fraction of sp³-hybridized carbons (Fsp3) is 0.214. The summed E-state index contributed by atoms with van der Waals surface area (Å²) in [7, 11) is 1.36. The molecule has 0 saturated carbocycles. The molecule has 0 fully saturated rings. The molecular formula is C14H12ClN3O2S2. The number of ether oxygens (including phenoxy) is 1. The molecule has 1 N–H and O–H groups in total. The van der Waals surface area contributed by atoms with E-state index >= 15 is 0 Å². The van der Waals surface area contributed by atoms with Crippen molar-refractivity contribution < 1.29 is 9.53 Å². The molecule has 0 saturated heterocycles. The van der Waals surface area contributed by atoms with Crippen molar-refractivity contribution in [3.05, 3.63) is 38.7 Å². The molecule has 0 unspecified atom stereocenters. The number of nitrogens with one attached hydrogen (secondary N) is 1. The molecule has 8 heteroatoms. The fourth-order valence-electron chi connectivity index (χ4n) is 1.93. The van der Waals surface area contributed by atoms with Gasteiger partial charge in [-0.3, -0.25) is 0 Å². The van der Waals surface area contributed by atoms with Crippen LogP contribution in [0, 0.1) is 6.92 Å². The first kappa shape index (κ1) is 15.3. The maximum Gasteiger partial charge on any atom is 0.348 e. The van der Waals surface area contributed by atoms with Gasteiger partial charge in [0.05, 0.1) is 17.0 Å². The second-order valence-corrected chi connectivity index (χ2v) is 7.18. The summed E-state index contributed by atoms with van der Waals surface area (Å²) in [5.74, 6) is 0.247. The lowest BCUT2D eigenvalue weighted by molar-refractivity contribution is 0.0606. The van der Waals surface area contributed by atoms with E-state index in [2.05, 4.69) is 15.0 Å². The van der Waals surface area contributed by atoms with Gasteiger partial charge in [0.1, 0.15) is 4.88 Å². The van der Waals surface area contributed by atoms with Crippen LogP contribution in [-0.4, -0.2) is 28.0 Å². The maximum absolute atomic E-state index is 11.5. The number of H-pyrrole nitrogens is 1. The Morgan fingerprint density at radius 2 is 2.36 bits per heavy atom. The van der Waals surface area contributed by atoms with E-state index in [0.29, 0.717) is 20.6 Å². The number of thioether (sulfide) groups is 1. The van der Waals surface area contributed by atoms with Crippen molar-refractivity contribution in [3.8, 4) is 0 Å². The van der Waals surface area contributed by atoms with E-state index in [-0.39, 0.29) is 5.97 Å². The van der Waals surface area contributed by atoms with Gasteiger partial charge < -0.3 is 9.72 Å². The predicted molar refractivity (Wildman–Crippen MR) is 88.9 cm³/mol. The Kier molecular flexibility index (Phi) is 4.37. The van der Waals surface area contributed by atoms with Crippen LogP contribution in [0.1, 0.15) is 20.8 Å². The number of nitrogens with zero attached hydrogens (tertiary/aromatic N) is 2. The molecule has 3 heterocycles. The molecule has 114 valence electrons. The second kappa shape index (κ2) is 6.28. The summed E-state index contributed by atoms with van der Waals surface area (Å²) in [6.45, 7) is 2.01. The predicted octanol–water partition coefficient (Wildman–Crippen LogP) is 4.06. The van der Waals surface area contributed by atoms with Gasteiger partial charge in [0.15, 0.2) is 10.8 Å². The number of hydrogen-bond acceptors (Lipinski definition) is 6. The Labute approximate surface area is 140 Å². The Hall–Kier alpha value is -1.57. The third-order valence-electron chi connectivity index (χ3n) is 3.09. The highest BCUT2D eigenvalue weighted by Gasteiger charge is 2.15. The Morgan fingerprint density at radius 3 is 3.09 bits per heavy atom. The number of rotatable bonds is 4. The number of halogens is 1. The maximum atomic E-state index is 11.5. The van der Waals surface area contributed by atoms with Gasteiger partial charge >= 0.3 is 5.97 Å². The van der Waals surface area contributed by atoms with Gasteiger partial charge in [-0.15, -0.1) is 11.3 Å². The zero-order valence-corrected chi connectivity index (χ0v) is 14.2. The molecule has 0 aliphatic heterocycles. The van der Waals surface area contributed by atoms with Crippen LogP contribution >= 0.6 is 34.7 Å². The summed E-state index contributed by atoms with van der Waals surface area (Å²) in [5.41, 5.74) is 3.64. The summed E-state index contributed by atoms with van der Waals surface area (Å²) in [5, 5.41) is 0.777. The molecule has 0 aliphatic rings. The van der Waals surface area contributed by atoms with E-state index in [1.54, 1.807) is 12.3 Å². The lowest BCUT2D eigenvalue weighted by Crippen LogP contribution is -1.97. The van der Waals surface area contributed by atoms with Crippen LogP contribution in [0.4, 0.5) is 0 Å². The van der Waals surface area contributed by atoms with Crippen molar-refractivity contribution in [2.24, 2.45) is 0 Å². The summed E-state index contributed by atoms with van der Waals surface area (Å²) in [6, 6.07) is 3.70. The first-order valence-corrected chi connectivity index (χ1v) is 8.57. The number of aromatic nitrogens is 3. The second-order valence-electron chi connectivity index (χ2n) is 4.56. The number of imidazole rings is 1. The number of methoxy groups -OCH3 is 1. The van der Waals surface area contributed by atoms with Gasteiger partial charge in [0.2, 0.25) is 0 Å². The smallest absolute Gasteiger partial charge is 0.348 e. The van der Waals surface area contributed by atoms with E-state index in [4.69, 9.17) is 16.3 Å². The van der Waals surface area contributed by atoms with Crippen LogP contribution < -0.4 is 0 Å². The molecule has 0 bridgehead atoms. The number of pyridine rings is 1. The molecule has 0 aliphatic carbocycles. The van der Waals surface area contributed by atoms with Crippen molar-refractivity contribution in [2.75, 3.05) is 7.11 Å². The lowest BCUT2D eigenvalue weighted by atomic mass is 10.3. The number of aryl methyl sites for hydroxylation is 1. The number of hydrogen-bond donors (Lipinski definition) is 1. The van der Waals surface area contributed by atoms with Gasteiger partial charge in [0.25, 0.3) is 0 Å². The molecule has 22 heavy (non-hydrogen) atoms. The highest BCUT2D eigenvalue weighted by atomic mass is 35.5. The standard InChI is InChI=1S/C14H12ClN3O2S2/c1-7-3-4-16-12-10(7)17-14(18-12)21-6-8-5-9(13(19)20-2)22-11(8)15/h3-5H,6H2,1-2H3,(H,16,17,18). The highest BCUT2D eigenvalue weighted by molar-refractivity contribution is 7.98. The molecule has 0 radical (unpaired) electrons. The van der Waals surface area contributed by atoms with Crippen LogP contribution in [0.15, 0.2) is 23.5 Å². The van der Waals surface area contributed by atoms with Crippen LogP contribution in [-0.2, 0) is 10.5 Å². The molecular weight excluding hydrogens is 342 g/mol. The van der Waals surface area contributed by atoms with Crippen molar-refractivity contribution in [1.82, 2.24) is 15.0 Å². The molecule has 3 aromatic rings. The van der Waals surface area contributed by atoms with Gasteiger partial charge in [0, 0.05) is 11.9 Å². The van der Waals surface area contributed by atoms with Crippen molar-refractivity contribution in [2.45, 2.75) is 17.8 Å². The average Bonchev–Trinajstić information content (AvgIpc) is 3.08. The van der Waals surface area contributed by atoms with Crippen LogP contribution in [0.2, 0.25) is 4.34 Å². The Morgan fingerprint density at radius 1 is 1.55 bits per heavy atom. The number of aromatic amines is 1. The first-order valence-electron chi connectivity index (χ1n) is 6.39. The van der Waals surface area contributed by atoms with Gasteiger partial charge in [-0.2, -0.15) is 0 Å². The van der Waals surface area contributed by atoms with Gasteiger partial charge in [-0.1, -0.05) is 23.4 Å². The van der Waals surface area contributed by atoms with E-state index < -0.39 is 0 Å². The molecule has 3 rings (SSSR count). The average molecular weight is 354 g/mol. The molecule has 0 aromatic carbocycles. The van der Waals surface area contributed by atoms with Crippen molar-refractivity contribution in [1.29, 1.82) is 0 Å². The van der Waals surface area contributed by atoms with Gasteiger partial charge in [-0.25, -0.2) is 14.8 Å². The number of fused-ring (bicyclic) bond motifs is 1. The topological polar surface area (TPSA) is 67.9 Å². The molecule has 3 aromatic heterocycles. The van der Waals surface area contributed by atoms with Crippen LogP contribution in [0.5, 0.6) is 0 Å². The van der Waals surface area contributed by atoms with Crippen LogP contribution in [0.25, 0.3) is 11.2 Å². The monoisotopic (exact) mass is 353 g/mol. The van der Waals surface area contributed by atoms with E-state index in [1.807, 2.05) is 13.0 Å². The summed E-state index contributed by atoms with van der Waals surface area (Å²) in [4.78, 5) is 23.9. The lowest BCUT2D eigenvalue weighted by Gasteiger charge is -1.96.